The Hall–Kier alpha value is -6.07. The first-order valence-corrected chi connectivity index (χ1v) is 25.0. The Balaban J connectivity index is 0.00000689. The van der Waals surface area contributed by atoms with Gasteiger partial charge in [0.25, 0.3) is 0 Å². The Labute approximate surface area is 423 Å². The van der Waals surface area contributed by atoms with E-state index >= 15 is 52.7 Å². The maximum atomic E-state index is 16.4. The number of piperidine rings is 2. The second-order valence-electron chi connectivity index (χ2n) is 17.3. The van der Waals surface area contributed by atoms with Crippen LogP contribution in [0.1, 0.15) is 49.9 Å². The van der Waals surface area contributed by atoms with Crippen molar-refractivity contribution in [2.75, 3.05) is 26.2 Å². The number of aryl methyl sites for hydroxylation is 2. The van der Waals surface area contributed by atoms with E-state index in [4.69, 9.17) is 0 Å². The number of hydrogen-bond acceptors (Lipinski definition) is 5. The summed E-state index contributed by atoms with van der Waals surface area (Å²) in [5, 5.41) is 0. The molecule has 10 rings (SSSR count). The topological polar surface area (TPSA) is 130 Å². The zero-order valence-corrected chi connectivity index (χ0v) is 40.1. The van der Waals surface area contributed by atoms with Gasteiger partial charge in [0.05, 0.1) is 26.5 Å². The SMILES string of the molecule is O=S(=O)(c1cc2[n-]c1c(-c1c(F)c(F)c(F)c(F)c1F)c1nc(c(-c3c(F)c(F)c(F)c(F)c3F)c3ccc([n-]3)c(-c3c(F)c(F)c(F)c(F)c3F)c3cc(S(=O)(=O)N4CCCCC4)c2[n-]3)CC1)N1CCCCC1.[Co+3]. The van der Waals surface area contributed by atoms with Crippen LogP contribution in [0.5, 0.6) is 0 Å². The number of hydrogen-bond donors (Lipinski definition) is 0. The largest absolute Gasteiger partial charge is 3.00 e. The molecule has 0 spiro atoms. The summed E-state index contributed by atoms with van der Waals surface area (Å²) in [4.78, 5) is 14.5. The molecule has 7 aromatic rings. The molecule has 0 atom stereocenters. The van der Waals surface area contributed by atoms with Crippen LogP contribution in [0.2, 0.25) is 0 Å². The van der Waals surface area contributed by atoms with Gasteiger partial charge in [0.1, 0.15) is 0 Å². The normalized spacial score (nSPS) is 15.6. The second kappa shape index (κ2) is 19.5. The summed E-state index contributed by atoms with van der Waals surface area (Å²) in [5.41, 5.74) is -17.5. The molecule has 2 fully saturated rings. The molecule has 2 saturated heterocycles. The molecule has 10 nitrogen and oxygen atoms in total. The molecule has 8 bridgehead atoms. The van der Waals surface area contributed by atoms with Crippen molar-refractivity contribution in [3.8, 4) is 33.4 Å². The summed E-state index contributed by atoms with van der Waals surface area (Å²) >= 11 is 0. The van der Waals surface area contributed by atoms with Crippen molar-refractivity contribution in [3.05, 3.63) is 123 Å². The van der Waals surface area contributed by atoms with E-state index in [2.05, 4.69) is 19.9 Å². The van der Waals surface area contributed by atoms with Crippen LogP contribution in [-0.4, -0.2) is 56.6 Å². The molecule has 4 aromatic heterocycles. The van der Waals surface area contributed by atoms with Crippen molar-refractivity contribution in [2.45, 2.75) is 61.2 Å². The van der Waals surface area contributed by atoms with Crippen LogP contribution < -0.4 is 15.0 Å². The number of fused-ring (bicyclic) bond motifs is 9. The molecule has 0 saturated carbocycles. The average Bonchev–Trinajstić information content (AvgIpc) is 4.25. The van der Waals surface area contributed by atoms with Crippen molar-refractivity contribution in [1.82, 2.24) is 28.5 Å². The van der Waals surface area contributed by atoms with E-state index in [1.165, 1.54) is 0 Å². The van der Waals surface area contributed by atoms with Gasteiger partial charge in [-0.25, -0.2) is 82.7 Å². The van der Waals surface area contributed by atoms with E-state index in [0.717, 1.165) is 8.61 Å². The number of benzene rings is 3. The van der Waals surface area contributed by atoms with E-state index in [-0.39, 0.29) is 68.6 Å². The predicted molar refractivity (Wildman–Crippen MR) is 231 cm³/mol. The summed E-state index contributed by atoms with van der Waals surface area (Å²) in [6.45, 7) is -0.904. The van der Waals surface area contributed by atoms with E-state index in [1.807, 2.05) is 0 Å². The summed E-state index contributed by atoms with van der Waals surface area (Å²) in [6.07, 6.45) is 0.190. The van der Waals surface area contributed by atoms with Crippen molar-refractivity contribution in [1.29, 1.82) is 0 Å². The third-order valence-corrected chi connectivity index (χ3v) is 16.9. The summed E-state index contributed by atoms with van der Waals surface area (Å²) in [5.74, 6) is -39.3. The van der Waals surface area contributed by atoms with Crippen LogP contribution >= 0.6 is 0 Å². The third-order valence-electron chi connectivity index (χ3n) is 13.0. The number of aromatic nitrogens is 4. The molecular weight excluding hydrogens is 1120 g/mol. The fraction of sp³-hybridized carbons (Fsp3) is 0.255. The summed E-state index contributed by atoms with van der Waals surface area (Å²) in [6, 6.07) is 2.45. The molecular formula is C47H28CoF15N6O4S2. The zero-order valence-electron chi connectivity index (χ0n) is 37.4. The molecule has 0 amide bonds. The van der Waals surface area contributed by atoms with E-state index in [0.29, 0.717) is 37.1 Å². The number of halogens is 15. The van der Waals surface area contributed by atoms with Crippen LogP contribution in [0.4, 0.5) is 65.9 Å². The van der Waals surface area contributed by atoms with Crippen LogP contribution in [0.3, 0.4) is 0 Å². The fourth-order valence-corrected chi connectivity index (χ4v) is 12.8. The number of rotatable bonds is 7. The van der Waals surface area contributed by atoms with E-state index < -0.39 is 208 Å². The molecule has 28 heteroatoms. The Morgan fingerprint density at radius 1 is 0.360 bits per heavy atom. The molecule has 0 aliphatic carbocycles. The van der Waals surface area contributed by atoms with Crippen molar-refractivity contribution < 1.29 is 99.5 Å². The molecule has 396 valence electrons. The van der Waals surface area contributed by atoms with Gasteiger partial charge in [-0.15, -0.1) is 33.1 Å². The number of sulfonamides is 2. The maximum Gasteiger partial charge on any atom is 3.00 e. The van der Waals surface area contributed by atoms with Gasteiger partial charge in [0.2, 0.25) is 37.5 Å². The smallest absolute Gasteiger partial charge is 0.657 e. The molecule has 3 aromatic carbocycles. The van der Waals surface area contributed by atoms with Gasteiger partial charge in [-0.3, -0.25) is 4.98 Å². The predicted octanol–water partition coefficient (Wildman–Crippen LogP) is 10.6. The van der Waals surface area contributed by atoms with Crippen molar-refractivity contribution in [2.24, 2.45) is 0 Å². The molecule has 3 aliphatic heterocycles. The van der Waals surface area contributed by atoms with Crippen LogP contribution in [-0.2, 0) is 49.7 Å². The van der Waals surface area contributed by atoms with Crippen LogP contribution in [0, 0.1) is 87.3 Å². The van der Waals surface area contributed by atoms with E-state index in [9.17, 15) is 30.0 Å². The molecule has 7 heterocycles. The molecule has 0 radical (unpaired) electrons. The Kier molecular flexibility index (Phi) is 14.0. The molecule has 3 aliphatic rings. The second-order valence-corrected chi connectivity index (χ2v) is 21.1. The van der Waals surface area contributed by atoms with Crippen molar-refractivity contribution in [3.63, 3.8) is 0 Å². The molecule has 75 heavy (non-hydrogen) atoms. The van der Waals surface area contributed by atoms with Gasteiger partial charge in [0, 0.05) is 37.6 Å². The van der Waals surface area contributed by atoms with Gasteiger partial charge in [0.15, 0.2) is 69.8 Å². The van der Waals surface area contributed by atoms with Crippen molar-refractivity contribution >= 4 is 53.1 Å². The van der Waals surface area contributed by atoms with Gasteiger partial charge in [-0.05, 0) is 55.2 Å². The van der Waals surface area contributed by atoms with Crippen LogP contribution in [0.25, 0.3) is 66.5 Å². The third kappa shape index (κ3) is 8.36. The fourth-order valence-electron chi connectivity index (χ4n) is 9.49. The first-order chi connectivity index (χ1) is 35.0. The zero-order chi connectivity index (χ0) is 53.2. The quantitative estimate of drug-likeness (QED) is 0.0876. The Morgan fingerprint density at radius 3 is 1.11 bits per heavy atom. The standard InChI is InChI=1S/C47H28F15N6O4S2.Co/c48-31-28(32(49)38(55)43(60)37(31)54)25-17-7-8-19(63-17)26(29-33(50)39(56)44(61)40(57)34(29)51)21-15-23(73(69,70)67-11-3-1-4-12-67)46(65-21)22-16-24(74(71,72)68-13-5-2-6-14-68)47(66-22)27(20-10-9-18(25)64-20)30-35(52)41(58)45(62)42(59)36(30)53;/h7-8,15-16H,1-6,9-14H2;/q-3;+3. The maximum absolute atomic E-state index is 16.4. The van der Waals surface area contributed by atoms with Gasteiger partial charge in [-0.1, -0.05) is 37.1 Å². The monoisotopic (exact) mass is 1150 g/mol. The minimum atomic E-state index is -5.15. The average molecular weight is 1150 g/mol. The van der Waals surface area contributed by atoms with Gasteiger partial charge >= 0.3 is 16.8 Å². The van der Waals surface area contributed by atoms with Gasteiger partial charge in [-0.2, -0.15) is 8.61 Å². The van der Waals surface area contributed by atoms with Crippen LogP contribution in [0.15, 0.2) is 34.1 Å². The van der Waals surface area contributed by atoms with Gasteiger partial charge < -0.3 is 15.0 Å². The first-order valence-electron chi connectivity index (χ1n) is 22.1. The minimum Gasteiger partial charge on any atom is -0.657 e. The first kappa shape index (κ1) is 53.7. The minimum absolute atomic E-state index is 0. The molecule has 0 unspecified atom stereocenters. The molecule has 0 N–H and O–H groups in total. The summed E-state index contributed by atoms with van der Waals surface area (Å²) in [7, 11) is -10.2. The summed E-state index contributed by atoms with van der Waals surface area (Å²) < 4.78 is 294. The Bertz CT molecular complexity index is 3860. The number of nitrogens with zero attached hydrogens (tertiary/aromatic N) is 6. The van der Waals surface area contributed by atoms with E-state index in [1.54, 1.807) is 0 Å². The Morgan fingerprint density at radius 2 is 0.680 bits per heavy atom.